The zero-order valence-electron chi connectivity index (χ0n) is 12.6. The van der Waals surface area contributed by atoms with Gasteiger partial charge in [0.25, 0.3) is 0 Å². The van der Waals surface area contributed by atoms with Crippen molar-refractivity contribution < 1.29 is 14.3 Å². The number of anilines is 1. The lowest BCUT2D eigenvalue weighted by Gasteiger charge is -2.07. The van der Waals surface area contributed by atoms with Gasteiger partial charge in [0.15, 0.2) is 11.5 Å². The molecule has 4 nitrogen and oxygen atoms in total. The first-order valence-corrected chi connectivity index (χ1v) is 7.52. The van der Waals surface area contributed by atoms with Crippen LogP contribution in [0.15, 0.2) is 42.5 Å². The molecule has 1 amide bonds. The number of amides is 1. The summed E-state index contributed by atoms with van der Waals surface area (Å²) < 4.78 is 10.6. The fourth-order valence-electron chi connectivity index (χ4n) is 2.45. The maximum Gasteiger partial charge on any atom is 0.231 e. The molecule has 3 rings (SSSR count). The van der Waals surface area contributed by atoms with Crippen molar-refractivity contribution in [3.05, 3.63) is 53.6 Å². The standard InChI is InChI=1S/C18H19NO3/c1-2-13-4-3-5-15(10-13)19-18(20)9-7-14-6-8-16-17(11-14)22-12-21-16/h3-6,8,10-11H,2,7,9,12H2,1H3,(H,19,20). The first kappa shape index (κ1) is 14.4. The summed E-state index contributed by atoms with van der Waals surface area (Å²) >= 11 is 0. The number of rotatable bonds is 5. The largest absolute Gasteiger partial charge is 0.454 e. The van der Waals surface area contributed by atoms with Crippen molar-refractivity contribution in [2.75, 3.05) is 12.1 Å². The van der Waals surface area contributed by atoms with Gasteiger partial charge in [-0.3, -0.25) is 4.79 Å². The van der Waals surface area contributed by atoms with Gasteiger partial charge in [0.2, 0.25) is 12.7 Å². The van der Waals surface area contributed by atoms with E-state index in [2.05, 4.69) is 18.3 Å². The van der Waals surface area contributed by atoms with Gasteiger partial charge < -0.3 is 14.8 Å². The zero-order valence-corrected chi connectivity index (χ0v) is 12.6. The second-order valence-electron chi connectivity index (χ2n) is 5.29. The molecule has 1 heterocycles. The number of benzene rings is 2. The van der Waals surface area contributed by atoms with Crippen molar-refractivity contribution in [1.29, 1.82) is 0 Å². The van der Waals surface area contributed by atoms with E-state index < -0.39 is 0 Å². The van der Waals surface area contributed by atoms with Gasteiger partial charge >= 0.3 is 0 Å². The quantitative estimate of drug-likeness (QED) is 0.918. The van der Waals surface area contributed by atoms with E-state index in [-0.39, 0.29) is 12.7 Å². The molecule has 0 atom stereocenters. The first-order valence-electron chi connectivity index (χ1n) is 7.52. The van der Waals surface area contributed by atoms with E-state index in [9.17, 15) is 4.79 Å². The molecule has 0 radical (unpaired) electrons. The van der Waals surface area contributed by atoms with Crippen molar-refractivity contribution in [2.24, 2.45) is 0 Å². The molecule has 1 aliphatic rings. The van der Waals surface area contributed by atoms with Crippen LogP contribution >= 0.6 is 0 Å². The third-order valence-corrected chi connectivity index (χ3v) is 3.70. The van der Waals surface area contributed by atoms with Gasteiger partial charge in [-0.15, -0.1) is 0 Å². The van der Waals surface area contributed by atoms with Crippen LogP contribution in [-0.2, 0) is 17.6 Å². The molecule has 0 fully saturated rings. The van der Waals surface area contributed by atoms with Crippen LogP contribution in [0, 0.1) is 0 Å². The lowest BCUT2D eigenvalue weighted by atomic mass is 10.1. The van der Waals surface area contributed by atoms with E-state index in [0.29, 0.717) is 12.8 Å². The third kappa shape index (κ3) is 3.39. The van der Waals surface area contributed by atoms with Crippen LogP contribution in [0.1, 0.15) is 24.5 Å². The Bertz CT molecular complexity index is 682. The van der Waals surface area contributed by atoms with Crippen molar-refractivity contribution in [3.8, 4) is 11.5 Å². The summed E-state index contributed by atoms with van der Waals surface area (Å²) in [6, 6.07) is 13.7. The predicted octanol–water partition coefficient (Wildman–Crippen LogP) is 3.55. The van der Waals surface area contributed by atoms with Gasteiger partial charge in [-0.2, -0.15) is 0 Å². The fraction of sp³-hybridized carbons (Fsp3) is 0.278. The lowest BCUT2D eigenvalue weighted by Crippen LogP contribution is -2.12. The molecule has 0 saturated heterocycles. The number of ether oxygens (including phenoxy) is 2. The van der Waals surface area contributed by atoms with Crippen LogP contribution in [0.5, 0.6) is 11.5 Å². The normalized spacial score (nSPS) is 12.2. The minimum absolute atomic E-state index is 0.0194. The highest BCUT2D eigenvalue weighted by Crippen LogP contribution is 2.32. The number of aryl methyl sites for hydroxylation is 2. The molecule has 1 N–H and O–H groups in total. The van der Waals surface area contributed by atoms with E-state index in [0.717, 1.165) is 29.2 Å². The van der Waals surface area contributed by atoms with E-state index in [1.807, 2.05) is 36.4 Å². The Balaban J connectivity index is 1.56. The summed E-state index contributed by atoms with van der Waals surface area (Å²) in [6.07, 6.45) is 2.08. The predicted molar refractivity (Wildman–Crippen MR) is 85.3 cm³/mol. The van der Waals surface area contributed by atoms with E-state index in [1.54, 1.807) is 0 Å². The molecule has 114 valence electrons. The van der Waals surface area contributed by atoms with Crippen molar-refractivity contribution in [3.63, 3.8) is 0 Å². The molecule has 0 aliphatic carbocycles. The molecule has 0 spiro atoms. The summed E-state index contributed by atoms with van der Waals surface area (Å²) in [7, 11) is 0. The summed E-state index contributed by atoms with van der Waals surface area (Å²) in [6.45, 7) is 2.37. The molecule has 2 aromatic rings. The Morgan fingerprint density at radius 3 is 2.82 bits per heavy atom. The highest BCUT2D eigenvalue weighted by Gasteiger charge is 2.13. The minimum atomic E-state index is 0.0194. The molecular weight excluding hydrogens is 278 g/mol. The van der Waals surface area contributed by atoms with Crippen LogP contribution in [0.4, 0.5) is 5.69 Å². The number of hydrogen-bond donors (Lipinski definition) is 1. The Hall–Kier alpha value is -2.49. The van der Waals surface area contributed by atoms with Gasteiger partial charge in [-0.05, 0) is 48.2 Å². The Morgan fingerprint density at radius 1 is 1.09 bits per heavy atom. The fourth-order valence-corrected chi connectivity index (χ4v) is 2.45. The number of carbonyl (C=O) groups excluding carboxylic acids is 1. The summed E-state index contributed by atoms with van der Waals surface area (Å²) in [5, 5.41) is 2.94. The van der Waals surface area contributed by atoms with Crippen LogP contribution in [0.3, 0.4) is 0 Å². The van der Waals surface area contributed by atoms with Gasteiger partial charge in [-0.1, -0.05) is 25.1 Å². The summed E-state index contributed by atoms with van der Waals surface area (Å²) in [5.41, 5.74) is 3.14. The van der Waals surface area contributed by atoms with E-state index >= 15 is 0 Å². The molecule has 0 saturated carbocycles. The van der Waals surface area contributed by atoms with Crippen LogP contribution in [-0.4, -0.2) is 12.7 Å². The average molecular weight is 297 g/mol. The van der Waals surface area contributed by atoms with Crippen molar-refractivity contribution in [2.45, 2.75) is 26.2 Å². The van der Waals surface area contributed by atoms with Crippen LogP contribution in [0.25, 0.3) is 0 Å². The van der Waals surface area contributed by atoms with Gasteiger partial charge in [-0.25, -0.2) is 0 Å². The number of fused-ring (bicyclic) bond motifs is 1. The SMILES string of the molecule is CCc1cccc(NC(=O)CCc2ccc3c(c2)OCO3)c1. The molecule has 22 heavy (non-hydrogen) atoms. The molecule has 0 bridgehead atoms. The highest BCUT2D eigenvalue weighted by atomic mass is 16.7. The van der Waals surface area contributed by atoms with Gasteiger partial charge in [0.1, 0.15) is 0 Å². The Kier molecular flexibility index (Phi) is 4.28. The molecule has 4 heteroatoms. The minimum Gasteiger partial charge on any atom is -0.454 e. The third-order valence-electron chi connectivity index (χ3n) is 3.70. The van der Waals surface area contributed by atoms with Crippen molar-refractivity contribution >= 4 is 11.6 Å². The molecule has 2 aromatic carbocycles. The van der Waals surface area contributed by atoms with Crippen LogP contribution < -0.4 is 14.8 Å². The number of hydrogen-bond acceptors (Lipinski definition) is 3. The Morgan fingerprint density at radius 2 is 1.95 bits per heavy atom. The van der Waals surface area contributed by atoms with E-state index in [1.165, 1.54) is 5.56 Å². The molecule has 1 aliphatic heterocycles. The molecule has 0 aromatic heterocycles. The Labute approximate surface area is 130 Å². The highest BCUT2D eigenvalue weighted by molar-refractivity contribution is 5.90. The van der Waals surface area contributed by atoms with Crippen molar-refractivity contribution in [1.82, 2.24) is 0 Å². The first-order chi connectivity index (χ1) is 10.7. The van der Waals surface area contributed by atoms with E-state index in [4.69, 9.17) is 9.47 Å². The molecule has 0 unspecified atom stereocenters. The van der Waals surface area contributed by atoms with Gasteiger partial charge in [0, 0.05) is 12.1 Å². The summed E-state index contributed by atoms with van der Waals surface area (Å²) in [5.74, 6) is 1.55. The molecular formula is C18H19NO3. The number of carbonyl (C=O) groups is 1. The second kappa shape index (κ2) is 6.52. The average Bonchev–Trinajstić information content (AvgIpc) is 3.00. The zero-order chi connectivity index (χ0) is 15.4. The second-order valence-corrected chi connectivity index (χ2v) is 5.29. The smallest absolute Gasteiger partial charge is 0.231 e. The maximum absolute atomic E-state index is 12.1. The number of nitrogens with one attached hydrogen (secondary N) is 1. The monoisotopic (exact) mass is 297 g/mol. The van der Waals surface area contributed by atoms with Crippen LogP contribution in [0.2, 0.25) is 0 Å². The summed E-state index contributed by atoms with van der Waals surface area (Å²) in [4.78, 5) is 12.1. The topological polar surface area (TPSA) is 47.6 Å². The van der Waals surface area contributed by atoms with Gasteiger partial charge in [0.05, 0.1) is 0 Å². The maximum atomic E-state index is 12.1. The lowest BCUT2D eigenvalue weighted by molar-refractivity contribution is -0.116.